The first-order valence-electron chi connectivity index (χ1n) is 12.8. The van der Waals surface area contributed by atoms with Gasteiger partial charge >= 0.3 is 17.9 Å². The quantitative estimate of drug-likeness (QED) is 0.158. The zero-order chi connectivity index (χ0) is 23.8. The lowest BCUT2D eigenvalue weighted by Crippen LogP contribution is -2.48. The van der Waals surface area contributed by atoms with Crippen LogP contribution in [-0.4, -0.2) is 36.7 Å². The van der Waals surface area contributed by atoms with Gasteiger partial charge in [0.2, 0.25) is 5.60 Å². The lowest BCUT2D eigenvalue weighted by Gasteiger charge is -2.36. The molecule has 1 aliphatic carbocycles. The van der Waals surface area contributed by atoms with Gasteiger partial charge in [-0.05, 0) is 44.4 Å². The lowest BCUT2D eigenvalue weighted by molar-refractivity contribution is -0.188. The summed E-state index contributed by atoms with van der Waals surface area (Å²) in [4.78, 5) is 36.7. The van der Waals surface area contributed by atoms with E-state index in [9.17, 15) is 14.4 Å². The first-order chi connectivity index (χ1) is 15.3. The molecule has 0 bridgehead atoms. The molecule has 32 heavy (non-hydrogen) atoms. The first-order valence-corrected chi connectivity index (χ1v) is 12.8. The molecule has 1 fully saturated rings. The van der Waals surface area contributed by atoms with Crippen LogP contribution in [0.25, 0.3) is 0 Å². The molecule has 0 N–H and O–H groups in total. The van der Waals surface area contributed by atoms with Crippen LogP contribution in [0, 0.1) is 11.8 Å². The van der Waals surface area contributed by atoms with Crippen molar-refractivity contribution in [3.8, 4) is 0 Å². The summed E-state index contributed by atoms with van der Waals surface area (Å²) in [5.74, 6) is -1.02. The van der Waals surface area contributed by atoms with Crippen LogP contribution in [0.15, 0.2) is 0 Å². The number of unbranched alkanes of at least 4 members (excludes halogenated alkanes) is 8. The molecule has 186 valence electrons. The van der Waals surface area contributed by atoms with Crippen molar-refractivity contribution in [3.63, 3.8) is 0 Å². The minimum absolute atomic E-state index is 0.200. The number of carbonyl (C=O) groups excluding carboxylic acids is 3. The fourth-order valence-corrected chi connectivity index (χ4v) is 4.16. The van der Waals surface area contributed by atoms with Crippen molar-refractivity contribution in [2.75, 3.05) is 13.2 Å². The number of rotatable bonds is 16. The second kappa shape index (κ2) is 16.1. The van der Waals surface area contributed by atoms with Crippen molar-refractivity contribution in [2.45, 2.75) is 123 Å². The van der Waals surface area contributed by atoms with Gasteiger partial charge in [0.05, 0.1) is 19.1 Å². The molecule has 0 saturated heterocycles. The number of hydrogen-bond acceptors (Lipinski definition) is 6. The number of carbonyl (C=O) groups is 3. The Morgan fingerprint density at radius 2 is 1.41 bits per heavy atom. The SMILES string of the molecule is CCCCCCCCCCCOC(=O)C1CCC(OC(C)=O)(C(=O)OCCC(C)C)CC1. The van der Waals surface area contributed by atoms with E-state index in [1.165, 1.54) is 51.9 Å². The van der Waals surface area contributed by atoms with Crippen LogP contribution in [0.5, 0.6) is 0 Å². The third-order valence-electron chi connectivity index (χ3n) is 6.26. The number of ether oxygens (including phenoxy) is 3. The zero-order valence-corrected chi connectivity index (χ0v) is 20.9. The second-order valence-corrected chi connectivity index (χ2v) is 9.68. The Morgan fingerprint density at radius 1 is 0.844 bits per heavy atom. The van der Waals surface area contributed by atoms with Gasteiger partial charge in [-0.1, -0.05) is 72.1 Å². The van der Waals surface area contributed by atoms with E-state index in [4.69, 9.17) is 14.2 Å². The molecule has 1 rings (SSSR count). The molecule has 0 unspecified atom stereocenters. The molecule has 6 nitrogen and oxygen atoms in total. The van der Waals surface area contributed by atoms with Crippen LogP contribution in [0.1, 0.15) is 118 Å². The Labute approximate surface area is 195 Å². The van der Waals surface area contributed by atoms with Crippen LogP contribution in [-0.2, 0) is 28.6 Å². The zero-order valence-electron chi connectivity index (χ0n) is 20.9. The average Bonchev–Trinajstić information content (AvgIpc) is 2.74. The molecule has 0 atom stereocenters. The van der Waals surface area contributed by atoms with E-state index in [-0.39, 0.29) is 11.9 Å². The van der Waals surface area contributed by atoms with Crippen LogP contribution in [0.2, 0.25) is 0 Å². The van der Waals surface area contributed by atoms with E-state index in [0.29, 0.717) is 44.8 Å². The summed E-state index contributed by atoms with van der Waals surface area (Å²) in [5, 5.41) is 0. The minimum Gasteiger partial charge on any atom is -0.465 e. The molecule has 0 aliphatic heterocycles. The maximum absolute atomic E-state index is 12.7. The molecule has 0 aromatic rings. The molecule has 0 heterocycles. The second-order valence-electron chi connectivity index (χ2n) is 9.68. The van der Waals surface area contributed by atoms with Gasteiger partial charge in [-0.2, -0.15) is 0 Å². The molecule has 0 aromatic carbocycles. The van der Waals surface area contributed by atoms with Crippen molar-refractivity contribution in [1.29, 1.82) is 0 Å². The molecule has 6 heteroatoms. The fourth-order valence-electron chi connectivity index (χ4n) is 4.16. The molecule has 0 aromatic heterocycles. The summed E-state index contributed by atoms with van der Waals surface area (Å²) >= 11 is 0. The fraction of sp³-hybridized carbons (Fsp3) is 0.885. The Morgan fingerprint density at radius 3 is 1.94 bits per heavy atom. The predicted molar refractivity (Wildman–Crippen MR) is 125 cm³/mol. The maximum atomic E-state index is 12.7. The molecule has 1 aliphatic rings. The van der Waals surface area contributed by atoms with Crippen molar-refractivity contribution in [3.05, 3.63) is 0 Å². The maximum Gasteiger partial charge on any atom is 0.350 e. The van der Waals surface area contributed by atoms with Gasteiger partial charge in [0.15, 0.2) is 0 Å². The van der Waals surface area contributed by atoms with Crippen LogP contribution >= 0.6 is 0 Å². The summed E-state index contributed by atoms with van der Waals surface area (Å²) < 4.78 is 16.3. The van der Waals surface area contributed by atoms with Crippen molar-refractivity contribution in [1.82, 2.24) is 0 Å². The van der Waals surface area contributed by atoms with E-state index in [1.807, 2.05) is 0 Å². The Hall–Kier alpha value is -1.59. The van der Waals surface area contributed by atoms with Crippen molar-refractivity contribution in [2.24, 2.45) is 11.8 Å². The Balaban J connectivity index is 2.31. The standard InChI is InChI=1S/C26H46O6/c1-5-6-7-8-9-10-11-12-13-19-30-24(28)23-14-17-26(18-15-23,32-22(4)27)25(29)31-20-16-21(2)3/h21,23H,5-20H2,1-4H3. The largest absolute Gasteiger partial charge is 0.465 e. The van der Waals surface area contributed by atoms with Gasteiger partial charge in [-0.15, -0.1) is 0 Å². The highest BCUT2D eigenvalue weighted by molar-refractivity contribution is 5.83. The van der Waals surface area contributed by atoms with E-state index in [2.05, 4.69) is 20.8 Å². The van der Waals surface area contributed by atoms with Crippen LogP contribution < -0.4 is 0 Å². The molecule has 0 amide bonds. The van der Waals surface area contributed by atoms with E-state index < -0.39 is 17.5 Å². The first kappa shape index (κ1) is 28.4. The highest BCUT2D eigenvalue weighted by Crippen LogP contribution is 2.37. The summed E-state index contributed by atoms with van der Waals surface area (Å²) in [6.45, 7) is 8.41. The topological polar surface area (TPSA) is 78.9 Å². The van der Waals surface area contributed by atoms with Gasteiger partial charge in [0.1, 0.15) is 0 Å². The molecular formula is C26H46O6. The van der Waals surface area contributed by atoms with Crippen LogP contribution in [0.3, 0.4) is 0 Å². The molecule has 0 radical (unpaired) electrons. The summed E-state index contributed by atoms with van der Waals surface area (Å²) in [7, 11) is 0. The van der Waals surface area contributed by atoms with Gasteiger partial charge < -0.3 is 14.2 Å². The highest BCUT2D eigenvalue weighted by Gasteiger charge is 2.47. The molecular weight excluding hydrogens is 408 g/mol. The van der Waals surface area contributed by atoms with E-state index in [0.717, 1.165) is 19.3 Å². The summed E-state index contributed by atoms with van der Waals surface area (Å²) in [5.41, 5.74) is -1.27. The van der Waals surface area contributed by atoms with Gasteiger partial charge in [0, 0.05) is 6.92 Å². The Kier molecular flexibility index (Phi) is 14.3. The third kappa shape index (κ3) is 11.3. The smallest absolute Gasteiger partial charge is 0.350 e. The third-order valence-corrected chi connectivity index (χ3v) is 6.26. The number of hydrogen-bond donors (Lipinski definition) is 0. The van der Waals surface area contributed by atoms with Gasteiger partial charge in [-0.25, -0.2) is 4.79 Å². The van der Waals surface area contributed by atoms with E-state index >= 15 is 0 Å². The monoisotopic (exact) mass is 454 g/mol. The average molecular weight is 455 g/mol. The normalized spacial score (nSPS) is 20.7. The predicted octanol–water partition coefficient (Wildman–Crippen LogP) is 6.14. The van der Waals surface area contributed by atoms with Gasteiger partial charge in [-0.3, -0.25) is 9.59 Å². The van der Waals surface area contributed by atoms with E-state index in [1.54, 1.807) is 0 Å². The summed E-state index contributed by atoms with van der Waals surface area (Å²) in [6.07, 6.45) is 13.3. The van der Waals surface area contributed by atoms with Crippen molar-refractivity contribution >= 4 is 17.9 Å². The molecule has 0 spiro atoms. The lowest BCUT2D eigenvalue weighted by atomic mass is 9.78. The highest BCUT2D eigenvalue weighted by atomic mass is 16.6. The van der Waals surface area contributed by atoms with Gasteiger partial charge in [0.25, 0.3) is 0 Å². The number of esters is 3. The summed E-state index contributed by atoms with van der Waals surface area (Å²) in [6, 6.07) is 0. The van der Waals surface area contributed by atoms with Crippen molar-refractivity contribution < 1.29 is 28.6 Å². The molecule has 1 saturated carbocycles. The van der Waals surface area contributed by atoms with Crippen LogP contribution in [0.4, 0.5) is 0 Å². The minimum atomic E-state index is -1.27. The Bertz CT molecular complexity index is 549.